The molecule has 1 saturated heterocycles. The molecule has 2 atom stereocenters. The quantitative estimate of drug-likeness (QED) is 0.841. The highest BCUT2D eigenvalue weighted by Crippen LogP contribution is 2.20. The van der Waals surface area contributed by atoms with Crippen molar-refractivity contribution in [3.8, 4) is 0 Å². The molecule has 2 rings (SSSR count). The fourth-order valence-electron chi connectivity index (χ4n) is 2.18. The number of nitrogens with one attached hydrogen (secondary N) is 2. The van der Waals surface area contributed by atoms with Gasteiger partial charge in [0.15, 0.2) is 0 Å². The van der Waals surface area contributed by atoms with Crippen LogP contribution in [0.5, 0.6) is 0 Å². The molecule has 3 nitrogen and oxygen atoms in total. The smallest absolute Gasteiger partial charge is 0.228 e. The minimum Gasteiger partial charge on any atom is -0.356 e. The van der Waals surface area contributed by atoms with Crippen LogP contribution < -0.4 is 10.6 Å². The molecule has 0 spiro atoms. The molecular formula is C13H20N2OS. The third kappa shape index (κ3) is 3.54. The molecule has 1 aliphatic rings. The van der Waals surface area contributed by atoms with E-state index in [4.69, 9.17) is 0 Å². The molecule has 1 aromatic rings. The van der Waals surface area contributed by atoms with E-state index in [9.17, 15) is 4.79 Å². The van der Waals surface area contributed by atoms with Crippen molar-refractivity contribution in [2.24, 2.45) is 5.92 Å². The van der Waals surface area contributed by atoms with Crippen LogP contribution in [0.4, 0.5) is 0 Å². The molecule has 0 saturated carbocycles. The number of carbonyl (C=O) groups excluding carboxylic acids is 1. The molecule has 1 aromatic heterocycles. The van der Waals surface area contributed by atoms with Gasteiger partial charge >= 0.3 is 0 Å². The summed E-state index contributed by atoms with van der Waals surface area (Å²) < 4.78 is 0. The Labute approximate surface area is 107 Å². The predicted molar refractivity (Wildman–Crippen MR) is 71.3 cm³/mol. The van der Waals surface area contributed by atoms with Gasteiger partial charge in [-0.15, -0.1) is 11.3 Å². The second kappa shape index (κ2) is 6.17. The summed E-state index contributed by atoms with van der Waals surface area (Å²) >= 11 is 1.65. The predicted octanol–water partition coefficient (Wildman–Crippen LogP) is 1.97. The lowest BCUT2D eigenvalue weighted by molar-refractivity contribution is -0.122. The van der Waals surface area contributed by atoms with Crippen molar-refractivity contribution in [1.82, 2.24) is 10.6 Å². The van der Waals surface area contributed by atoms with Crippen molar-refractivity contribution in [3.63, 3.8) is 0 Å². The minimum absolute atomic E-state index is 0.0169. The zero-order chi connectivity index (χ0) is 12.1. The molecule has 1 aliphatic heterocycles. The molecule has 2 heterocycles. The van der Waals surface area contributed by atoms with Gasteiger partial charge in [-0.2, -0.15) is 0 Å². The van der Waals surface area contributed by atoms with E-state index in [0.29, 0.717) is 0 Å². The number of carbonyl (C=O) groups is 1. The van der Waals surface area contributed by atoms with Crippen molar-refractivity contribution in [2.45, 2.75) is 25.7 Å². The van der Waals surface area contributed by atoms with Gasteiger partial charge in [0, 0.05) is 11.4 Å². The molecular weight excluding hydrogens is 232 g/mol. The van der Waals surface area contributed by atoms with Gasteiger partial charge in [0.1, 0.15) is 0 Å². The van der Waals surface area contributed by atoms with Gasteiger partial charge in [0.25, 0.3) is 0 Å². The Morgan fingerprint density at radius 2 is 2.59 bits per heavy atom. The second-order valence-corrected chi connectivity index (χ2v) is 5.65. The molecule has 17 heavy (non-hydrogen) atoms. The lowest BCUT2D eigenvalue weighted by Gasteiger charge is -2.12. The normalized spacial score (nSPS) is 21.4. The van der Waals surface area contributed by atoms with Crippen molar-refractivity contribution in [2.75, 3.05) is 19.6 Å². The molecule has 1 amide bonds. The van der Waals surface area contributed by atoms with Crippen molar-refractivity contribution < 1.29 is 4.79 Å². The van der Waals surface area contributed by atoms with E-state index in [1.54, 1.807) is 11.3 Å². The third-order valence-electron chi connectivity index (χ3n) is 3.38. The van der Waals surface area contributed by atoms with Crippen LogP contribution in [0.15, 0.2) is 17.5 Å². The molecule has 0 aromatic carbocycles. The Kier molecular flexibility index (Phi) is 4.57. The van der Waals surface area contributed by atoms with E-state index < -0.39 is 0 Å². The van der Waals surface area contributed by atoms with Gasteiger partial charge in [0.05, 0.1) is 5.92 Å². The molecule has 2 unspecified atom stereocenters. The number of amides is 1. The highest BCUT2D eigenvalue weighted by Gasteiger charge is 2.17. The fourth-order valence-corrected chi connectivity index (χ4v) is 2.96. The number of hydrogen-bond acceptors (Lipinski definition) is 3. The molecule has 0 aliphatic carbocycles. The third-order valence-corrected chi connectivity index (χ3v) is 4.43. The maximum absolute atomic E-state index is 11.9. The zero-order valence-electron chi connectivity index (χ0n) is 10.2. The van der Waals surface area contributed by atoms with Crippen molar-refractivity contribution in [1.29, 1.82) is 0 Å². The average Bonchev–Trinajstić information content (AvgIpc) is 3.00. The monoisotopic (exact) mass is 252 g/mol. The largest absolute Gasteiger partial charge is 0.356 e. The van der Waals surface area contributed by atoms with Gasteiger partial charge < -0.3 is 10.6 Å². The van der Waals surface area contributed by atoms with Crippen LogP contribution in [-0.4, -0.2) is 25.5 Å². The molecule has 2 N–H and O–H groups in total. The lowest BCUT2D eigenvalue weighted by Crippen LogP contribution is -2.29. The summed E-state index contributed by atoms with van der Waals surface area (Å²) in [6.45, 7) is 5.01. The van der Waals surface area contributed by atoms with Gasteiger partial charge in [0.2, 0.25) is 5.91 Å². The maximum atomic E-state index is 11.9. The Morgan fingerprint density at radius 3 is 3.24 bits per heavy atom. The minimum atomic E-state index is -0.0169. The van der Waals surface area contributed by atoms with Crippen LogP contribution in [0.2, 0.25) is 0 Å². The Balaban J connectivity index is 1.69. The van der Waals surface area contributed by atoms with Gasteiger partial charge in [-0.05, 0) is 50.2 Å². The van der Waals surface area contributed by atoms with E-state index in [1.165, 1.54) is 6.42 Å². The summed E-state index contributed by atoms with van der Waals surface area (Å²) in [6.07, 6.45) is 2.34. The maximum Gasteiger partial charge on any atom is 0.228 e. The van der Waals surface area contributed by atoms with Crippen LogP contribution in [0.1, 0.15) is 30.6 Å². The Morgan fingerprint density at radius 1 is 1.71 bits per heavy atom. The summed E-state index contributed by atoms with van der Waals surface area (Å²) in [5, 5.41) is 8.40. The Hall–Kier alpha value is -0.870. The molecule has 1 fully saturated rings. The molecule has 94 valence electrons. The van der Waals surface area contributed by atoms with E-state index in [2.05, 4.69) is 10.6 Å². The number of rotatable bonds is 5. The first-order valence-corrected chi connectivity index (χ1v) is 7.17. The molecule has 0 bridgehead atoms. The lowest BCUT2D eigenvalue weighted by atomic mass is 10.0. The van der Waals surface area contributed by atoms with Gasteiger partial charge in [-0.25, -0.2) is 0 Å². The van der Waals surface area contributed by atoms with Crippen LogP contribution in [0.25, 0.3) is 0 Å². The topological polar surface area (TPSA) is 41.1 Å². The van der Waals surface area contributed by atoms with Crippen LogP contribution in [0, 0.1) is 5.92 Å². The van der Waals surface area contributed by atoms with E-state index in [-0.39, 0.29) is 11.8 Å². The average molecular weight is 252 g/mol. The van der Waals surface area contributed by atoms with Crippen molar-refractivity contribution >= 4 is 17.2 Å². The zero-order valence-corrected chi connectivity index (χ0v) is 11.1. The van der Waals surface area contributed by atoms with Gasteiger partial charge in [-0.3, -0.25) is 4.79 Å². The van der Waals surface area contributed by atoms with Gasteiger partial charge in [-0.1, -0.05) is 6.07 Å². The van der Waals surface area contributed by atoms with Crippen LogP contribution in [0.3, 0.4) is 0 Å². The number of thiophene rings is 1. The first-order chi connectivity index (χ1) is 8.27. The SMILES string of the molecule is CC(C(=O)NCCC1CCNC1)c1cccs1. The highest BCUT2D eigenvalue weighted by molar-refractivity contribution is 7.10. The fraction of sp³-hybridized carbons (Fsp3) is 0.615. The van der Waals surface area contributed by atoms with Crippen LogP contribution in [-0.2, 0) is 4.79 Å². The van der Waals surface area contributed by atoms with E-state index in [0.717, 1.165) is 36.9 Å². The first-order valence-electron chi connectivity index (χ1n) is 6.29. The summed E-state index contributed by atoms with van der Waals surface area (Å²) in [5.74, 6) is 0.877. The van der Waals surface area contributed by atoms with E-state index >= 15 is 0 Å². The first kappa shape index (κ1) is 12.6. The number of hydrogen-bond donors (Lipinski definition) is 2. The van der Waals surface area contributed by atoms with Crippen LogP contribution >= 0.6 is 11.3 Å². The van der Waals surface area contributed by atoms with E-state index in [1.807, 2.05) is 24.4 Å². The molecule has 4 heteroatoms. The highest BCUT2D eigenvalue weighted by atomic mass is 32.1. The summed E-state index contributed by atoms with van der Waals surface area (Å²) in [5.41, 5.74) is 0. The molecule has 0 radical (unpaired) electrons. The Bertz CT molecular complexity index is 344. The summed E-state index contributed by atoms with van der Waals surface area (Å²) in [4.78, 5) is 13.0. The standard InChI is InChI=1S/C13H20N2OS/c1-10(12-3-2-8-17-12)13(16)15-7-5-11-4-6-14-9-11/h2-3,8,10-11,14H,4-7,9H2,1H3,(H,15,16). The van der Waals surface area contributed by atoms with Crippen molar-refractivity contribution in [3.05, 3.63) is 22.4 Å². The summed E-state index contributed by atoms with van der Waals surface area (Å²) in [7, 11) is 0. The summed E-state index contributed by atoms with van der Waals surface area (Å²) in [6, 6.07) is 4.02. The second-order valence-electron chi connectivity index (χ2n) is 4.68.